The second-order valence-corrected chi connectivity index (χ2v) is 12.1. The van der Waals surface area contributed by atoms with Crippen molar-refractivity contribution >= 4 is 29.5 Å². The minimum atomic E-state index is -0.424. The predicted molar refractivity (Wildman–Crippen MR) is 157 cm³/mol. The van der Waals surface area contributed by atoms with Crippen LogP contribution in [0, 0.1) is 12.8 Å². The number of amides is 3. The van der Waals surface area contributed by atoms with E-state index in [0.29, 0.717) is 24.5 Å². The number of carbonyl (C=O) groups excluding carboxylic acids is 3. The van der Waals surface area contributed by atoms with Crippen molar-refractivity contribution in [2.45, 2.75) is 51.4 Å². The molecule has 5 rings (SSSR count). The largest absolute Gasteiger partial charge is 0.456 e. The minimum Gasteiger partial charge on any atom is -0.456 e. The number of nitrogens with zero attached hydrogens (tertiary/aromatic N) is 6. The third kappa shape index (κ3) is 6.45. The third-order valence-electron chi connectivity index (χ3n) is 7.87. The number of aryl methyl sites for hydroxylation is 1. The Labute approximate surface area is 248 Å². The molecule has 0 unspecified atom stereocenters. The van der Waals surface area contributed by atoms with Gasteiger partial charge >= 0.3 is 0 Å². The van der Waals surface area contributed by atoms with Crippen molar-refractivity contribution in [2.24, 2.45) is 5.92 Å². The fraction of sp³-hybridized carbons (Fsp3) is 0.517. The van der Waals surface area contributed by atoms with Crippen LogP contribution in [0.5, 0.6) is 0 Å². The van der Waals surface area contributed by atoms with E-state index in [1.165, 1.54) is 15.5 Å². The number of hydrogen-bond acceptors (Lipinski definition) is 8. The van der Waals surface area contributed by atoms with Gasteiger partial charge in [0.1, 0.15) is 17.0 Å². The number of likely N-dealkylation sites (tertiary alicyclic amines) is 1. The van der Waals surface area contributed by atoms with Crippen LogP contribution in [0.4, 0.5) is 0 Å². The van der Waals surface area contributed by atoms with Crippen LogP contribution < -0.4 is 10.9 Å². The number of aromatic nitrogens is 4. The van der Waals surface area contributed by atoms with Gasteiger partial charge in [0.25, 0.3) is 17.4 Å². The highest BCUT2D eigenvalue weighted by Crippen LogP contribution is 2.32. The number of rotatable bonds is 6. The number of hydrogen-bond donors (Lipinski definition) is 1. The predicted octanol–water partition coefficient (Wildman–Crippen LogP) is 2.33. The molecule has 3 aromatic heterocycles. The lowest BCUT2D eigenvalue weighted by atomic mass is 9.99. The molecule has 0 saturated carbocycles. The Kier molecular flexibility index (Phi) is 9.15. The molecule has 1 saturated heterocycles. The van der Waals surface area contributed by atoms with Crippen molar-refractivity contribution in [3.8, 4) is 0 Å². The summed E-state index contributed by atoms with van der Waals surface area (Å²) < 4.78 is 9.01. The van der Waals surface area contributed by atoms with Gasteiger partial charge in [-0.2, -0.15) is 11.8 Å². The number of likely N-dealkylation sites (N-methyl/N-ethyl adjacent to an activating group) is 1. The fourth-order valence-electron chi connectivity index (χ4n) is 5.40. The molecule has 1 N–H and O–H groups in total. The molecule has 4 bridgehead atoms. The molecule has 0 spiro atoms. The maximum atomic E-state index is 13.6. The van der Waals surface area contributed by atoms with Gasteiger partial charge in [0.15, 0.2) is 5.76 Å². The third-order valence-corrected chi connectivity index (χ3v) is 8.96. The molecule has 2 atom stereocenters. The molecule has 12 nitrogen and oxygen atoms in total. The number of unbranched alkanes of at least 4 members (excludes halogenated alkanes) is 1. The van der Waals surface area contributed by atoms with E-state index in [0.717, 1.165) is 35.7 Å². The summed E-state index contributed by atoms with van der Waals surface area (Å²) >= 11 is 1.83. The van der Waals surface area contributed by atoms with E-state index in [1.54, 1.807) is 35.1 Å². The molecule has 3 amide bonds. The molecule has 0 radical (unpaired) electrons. The van der Waals surface area contributed by atoms with Crippen LogP contribution in [0.2, 0.25) is 0 Å². The van der Waals surface area contributed by atoms with E-state index in [1.807, 2.05) is 24.8 Å². The standard InChI is InChI=1S/C29H37N7O5S/c1-4-5-11-42-18-21-12-25(41-19(21)2)29(40)35-14-20-13-26(37)30-8-10-33(3)27(38)23-7-6-9-34(28(23)39)15-22-16-36(32-31-22)24(20)17-35/h6-7,9,12,16,20,24H,4-5,8,10-11,13-15,17-18H2,1-3H3,(H,30,37)/t20-,24+/m0/s1. The van der Waals surface area contributed by atoms with Gasteiger partial charge in [0.2, 0.25) is 5.91 Å². The zero-order valence-electron chi connectivity index (χ0n) is 24.2. The SMILES string of the molecule is CCCCSCc1cc(C(=O)N2C[C@@H]3CC(=O)NCCN(C)C(=O)c4cccn(c4=O)Cc4cn(nn4)[C@@H]3C2)oc1C. The Morgan fingerprint density at radius 1 is 1.24 bits per heavy atom. The van der Waals surface area contributed by atoms with Gasteiger partial charge < -0.3 is 24.1 Å². The Hall–Kier alpha value is -3.87. The summed E-state index contributed by atoms with van der Waals surface area (Å²) in [6, 6.07) is 4.70. The van der Waals surface area contributed by atoms with E-state index in [9.17, 15) is 19.2 Å². The van der Waals surface area contributed by atoms with E-state index in [-0.39, 0.29) is 55.4 Å². The molecule has 224 valence electrons. The van der Waals surface area contributed by atoms with Gasteiger partial charge in [-0.3, -0.25) is 19.2 Å². The number of carbonyl (C=O) groups is 3. The molecule has 2 aliphatic rings. The van der Waals surface area contributed by atoms with E-state index >= 15 is 0 Å². The average Bonchev–Trinajstić information content (AvgIpc) is 3.70. The second-order valence-electron chi connectivity index (χ2n) is 11.0. The summed E-state index contributed by atoms with van der Waals surface area (Å²) in [6.07, 6.45) is 5.83. The Morgan fingerprint density at radius 2 is 2.07 bits per heavy atom. The lowest BCUT2D eigenvalue weighted by Crippen LogP contribution is -2.39. The van der Waals surface area contributed by atoms with Crippen molar-refractivity contribution in [1.82, 2.24) is 34.7 Å². The molecule has 13 heteroatoms. The number of pyridine rings is 1. The van der Waals surface area contributed by atoms with E-state index in [4.69, 9.17) is 4.42 Å². The first kappa shape index (κ1) is 29.6. The molecule has 0 aromatic carbocycles. The zero-order valence-corrected chi connectivity index (χ0v) is 25.1. The Morgan fingerprint density at radius 3 is 2.88 bits per heavy atom. The highest BCUT2D eigenvalue weighted by atomic mass is 32.2. The maximum Gasteiger partial charge on any atom is 0.289 e. The van der Waals surface area contributed by atoms with Crippen molar-refractivity contribution in [2.75, 3.05) is 39.0 Å². The summed E-state index contributed by atoms with van der Waals surface area (Å²) in [5.41, 5.74) is 1.17. The fourth-order valence-corrected chi connectivity index (χ4v) is 6.54. The van der Waals surface area contributed by atoms with Crippen LogP contribution in [-0.2, 0) is 17.1 Å². The highest BCUT2D eigenvalue weighted by Gasteiger charge is 2.39. The molecular weight excluding hydrogens is 558 g/mol. The smallest absolute Gasteiger partial charge is 0.289 e. The van der Waals surface area contributed by atoms with E-state index in [2.05, 4.69) is 22.6 Å². The summed E-state index contributed by atoms with van der Waals surface area (Å²) in [4.78, 5) is 55.7. The van der Waals surface area contributed by atoms with Crippen molar-refractivity contribution in [3.63, 3.8) is 0 Å². The zero-order chi connectivity index (χ0) is 29.8. The van der Waals surface area contributed by atoms with Gasteiger partial charge in [0.05, 0.1) is 18.8 Å². The monoisotopic (exact) mass is 595 g/mol. The first-order valence-electron chi connectivity index (χ1n) is 14.3. The Bertz CT molecular complexity index is 1510. The molecule has 1 fully saturated rings. The molecular formula is C29H37N7O5S. The number of fused-ring (bicyclic) bond motifs is 6. The van der Waals surface area contributed by atoms with Crippen molar-refractivity contribution in [3.05, 3.63) is 69.3 Å². The van der Waals surface area contributed by atoms with Crippen LogP contribution >= 0.6 is 11.8 Å². The van der Waals surface area contributed by atoms with E-state index < -0.39 is 11.5 Å². The van der Waals surface area contributed by atoms with Gasteiger partial charge in [-0.1, -0.05) is 18.6 Å². The normalized spacial score (nSPS) is 19.6. The molecule has 2 aliphatic heterocycles. The molecule has 3 aromatic rings. The highest BCUT2D eigenvalue weighted by molar-refractivity contribution is 7.98. The molecule has 5 heterocycles. The quantitative estimate of drug-likeness (QED) is 0.429. The number of nitrogens with one attached hydrogen (secondary N) is 1. The topological polar surface area (TPSA) is 136 Å². The number of thioether (sulfide) groups is 1. The van der Waals surface area contributed by atoms with Gasteiger partial charge in [-0.15, -0.1) is 5.10 Å². The summed E-state index contributed by atoms with van der Waals surface area (Å²) in [5.74, 6) is 1.86. The van der Waals surface area contributed by atoms with Crippen LogP contribution in [0.1, 0.15) is 70.2 Å². The summed E-state index contributed by atoms with van der Waals surface area (Å²) in [7, 11) is 1.60. The number of furan rings is 1. The van der Waals surface area contributed by atoms with Crippen molar-refractivity contribution in [1.29, 1.82) is 0 Å². The van der Waals surface area contributed by atoms with Crippen LogP contribution in [-0.4, -0.2) is 86.1 Å². The second kappa shape index (κ2) is 13.0. The maximum absolute atomic E-state index is 13.6. The van der Waals surface area contributed by atoms with Crippen LogP contribution in [0.25, 0.3) is 0 Å². The van der Waals surface area contributed by atoms with Crippen LogP contribution in [0.3, 0.4) is 0 Å². The summed E-state index contributed by atoms with van der Waals surface area (Å²) in [5, 5.41) is 11.5. The lowest BCUT2D eigenvalue weighted by molar-refractivity contribution is -0.122. The van der Waals surface area contributed by atoms with Crippen molar-refractivity contribution < 1.29 is 18.8 Å². The van der Waals surface area contributed by atoms with Crippen LogP contribution in [0.15, 0.2) is 39.8 Å². The lowest BCUT2D eigenvalue weighted by Gasteiger charge is -2.20. The summed E-state index contributed by atoms with van der Waals surface area (Å²) in [6.45, 7) is 5.36. The van der Waals surface area contributed by atoms with Gasteiger partial charge in [-0.25, -0.2) is 4.68 Å². The molecule has 0 aliphatic carbocycles. The first-order valence-corrected chi connectivity index (χ1v) is 15.5. The molecule has 42 heavy (non-hydrogen) atoms. The first-order chi connectivity index (χ1) is 20.2. The average molecular weight is 596 g/mol. The van der Waals surface area contributed by atoms with Gasteiger partial charge in [0, 0.05) is 63.1 Å². The Balaban J connectivity index is 1.38. The van der Waals surface area contributed by atoms with Gasteiger partial charge in [-0.05, 0) is 37.3 Å². The minimum absolute atomic E-state index is 0.0479.